The second-order valence-corrected chi connectivity index (χ2v) is 4.20. The van der Waals surface area contributed by atoms with Gasteiger partial charge in [0.2, 0.25) is 5.76 Å². The van der Waals surface area contributed by atoms with Gasteiger partial charge in [-0.25, -0.2) is 0 Å². The zero-order valence-electron chi connectivity index (χ0n) is 10.7. The second-order valence-electron chi connectivity index (χ2n) is 4.20. The Labute approximate surface area is 111 Å². The summed E-state index contributed by atoms with van der Waals surface area (Å²) in [6.45, 7) is 1.79. The highest BCUT2D eigenvalue weighted by Gasteiger charge is 2.16. The molecule has 0 radical (unpaired) electrons. The first kappa shape index (κ1) is 13.3. The molecular formula is C14H16N2O3. The highest BCUT2D eigenvalue weighted by atomic mass is 16.5. The molecule has 1 heterocycles. The van der Waals surface area contributed by atoms with Crippen molar-refractivity contribution in [3.05, 3.63) is 42.2 Å². The fourth-order valence-corrected chi connectivity index (χ4v) is 1.66. The molecule has 0 saturated heterocycles. The van der Waals surface area contributed by atoms with Crippen molar-refractivity contribution in [1.82, 2.24) is 10.5 Å². The van der Waals surface area contributed by atoms with Crippen molar-refractivity contribution < 1.29 is 14.4 Å². The lowest BCUT2D eigenvalue weighted by molar-refractivity contribution is 0.0878. The summed E-state index contributed by atoms with van der Waals surface area (Å²) in [5.41, 5.74) is 1.50. The molecule has 0 bridgehead atoms. The molecule has 5 heteroatoms. The Morgan fingerprint density at radius 2 is 2.16 bits per heavy atom. The number of nitrogens with zero attached hydrogens (tertiary/aromatic N) is 1. The lowest BCUT2D eigenvalue weighted by Gasteiger charge is -2.11. The van der Waals surface area contributed by atoms with Crippen LogP contribution in [0.2, 0.25) is 0 Å². The van der Waals surface area contributed by atoms with Gasteiger partial charge >= 0.3 is 0 Å². The summed E-state index contributed by atoms with van der Waals surface area (Å²) in [5, 5.41) is 15.6. The summed E-state index contributed by atoms with van der Waals surface area (Å²) in [6, 6.07) is 10.8. The van der Waals surface area contributed by atoms with Crippen molar-refractivity contribution in [2.24, 2.45) is 0 Å². The summed E-state index contributed by atoms with van der Waals surface area (Å²) in [5.74, 6) is -0.221. The number of benzene rings is 1. The van der Waals surface area contributed by atoms with Crippen LogP contribution in [-0.2, 0) is 0 Å². The van der Waals surface area contributed by atoms with Crippen LogP contribution >= 0.6 is 0 Å². The van der Waals surface area contributed by atoms with Crippen LogP contribution in [0.4, 0.5) is 0 Å². The van der Waals surface area contributed by atoms with Gasteiger partial charge in [-0.1, -0.05) is 42.4 Å². The zero-order valence-corrected chi connectivity index (χ0v) is 10.7. The van der Waals surface area contributed by atoms with E-state index in [4.69, 9.17) is 9.63 Å². The van der Waals surface area contributed by atoms with Crippen LogP contribution in [0.3, 0.4) is 0 Å². The SMILES string of the molecule is CC[C@@H](CO)NC(=O)c1cc(-c2ccccc2)no1. The molecule has 0 spiro atoms. The van der Waals surface area contributed by atoms with E-state index in [1.807, 2.05) is 37.3 Å². The van der Waals surface area contributed by atoms with Crippen LogP contribution < -0.4 is 5.32 Å². The third-order valence-electron chi connectivity index (χ3n) is 2.85. The monoisotopic (exact) mass is 260 g/mol. The Morgan fingerprint density at radius 3 is 2.79 bits per heavy atom. The van der Waals surface area contributed by atoms with E-state index in [2.05, 4.69) is 10.5 Å². The fraction of sp³-hybridized carbons (Fsp3) is 0.286. The molecule has 1 aromatic carbocycles. The maximum Gasteiger partial charge on any atom is 0.290 e. The Morgan fingerprint density at radius 1 is 1.42 bits per heavy atom. The number of nitrogens with one attached hydrogen (secondary N) is 1. The van der Waals surface area contributed by atoms with Crippen LogP contribution in [0.1, 0.15) is 23.9 Å². The third kappa shape index (κ3) is 3.20. The topological polar surface area (TPSA) is 75.4 Å². The molecule has 19 heavy (non-hydrogen) atoms. The molecular weight excluding hydrogens is 244 g/mol. The Bertz CT molecular complexity index is 533. The summed E-state index contributed by atoms with van der Waals surface area (Å²) in [7, 11) is 0. The average molecular weight is 260 g/mol. The Hall–Kier alpha value is -2.14. The maximum absolute atomic E-state index is 11.9. The first-order valence-corrected chi connectivity index (χ1v) is 6.18. The first-order valence-electron chi connectivity index (χ1n) is 6.18. The largest absolute Gasteiger partial charge is 0.394 e. The van der Waals surface area contributed by atoms with Gasteiger partial charge in [0, 0.05) is 11.6 Å². The fourth-order valence-electron chi connectivity index (χ4n) is 1.66. The molecule has 0 fully saturated rings. The van der Waals surface area contributed by atoms with E-state index in [1.165, 1.54) is 0 Å². The maximum atomic E-state index is 11.9. The van der Waals surface area contributed by atoms with Crippen molar-refractivity contribution >= 4 is 5.91 Å². The average Bonchev–Trinajstić information content (AvgIpc) is 2.95. The highest BCUT2D eigenvalue weighted by Crippen LogP contribution is 2.18. The Kier molecular flexibility index (Phi) is 4.30. The predicted octanol–water partition coefficient (Wildman–Crippen LogP) is 1.84. The lowest BCUT2D eigenvalue weighted by Crippen LogP contribution is -2.36. The van der Waals surface area contributed by atoms with Crippen molar-refractivity contribution in [2.75, 3.05) is 6.61 Å². The van der Waals surface area contributed by atoms with Gasteiger partial charge < -0.3 is 14.9 Å². The van der Waals surface area contributed by atoms with Gasteiger partial charge in [-0.15, -0.1) is 0 Å². The van der Waals surface area contributed by atoms with E-state index in [0.717, 1.165) is 5.56 Å². The van der Waals surface area contributed by atoms with Crippen LogP contribution in [0, 0.1) is 0 Å². The number of rotatable bonds is 5. The van der Waals surface area contributed by atoms with Gasteiger partial charge in [-0.05, 0) is 6.42 Å². The summed E-state index contributed by atoms with van der Waals surface area (Å²) in [4.78, 5) is 11.9. The number of aliphatic hydroxyl groups excluding tert-OH is 1. The van der Waals surface area contributed by atoms with E-state index in [-0.39, 0.29) is 24.3 Å². The molecule has 1 amide bonds. The van der Waals surface area contributed by atoms with Gasteiger partial charge in [-0.3, -0.25) is 4.79 Å². The van der Waals surface area contributed by atoms with Crippen LogP contribution in [0.25, 0.3) is 11.3 Å². The van der Waals surface area contributed by atoms with E-state index in [0.29, 0.717) is 12.1 Å². The lowest BCUT2D eigenvalue weighted by atomic mass is 10.1. The van der Waals surface area contributed by atoms with Crippen molar-refractivity contribution in [3.8, 4) is 11.3 Å². The number of carbonyl (C=O) groups excluding carboxylic acids is 1. The highest BCUT2D eigenvalue weighted by molar-refractivity contribution is 5.92. The summed E-state index contributed by atoms with van der Waals surface area (Å²) < 4.78 is 5.03. The minimum atomic E-state index is -0.365. The number of hydrogen-bond donors (Lipinski definition) is 2. The molecule has 0 aliphatic heterocycles. The van der Waals surface area contributed by atoms with Crippen LogP contribution in [0.15, 0.2) is 40.9 Å². The Balaban J connectivity index is 2.11. The van der Waals surface area contributed by atoms with Crippen LogP contribution in [-0.4, -0.2) is 28.8 Å². The first-order chi connectivity index (χ1) is 9.24. The molecule has 1 aromatic heterocycles. The smallest absolute Gasteiger partial charge is 0.290 e. The quantitative estimate of drug-likeness (QED) is 0.860. The zero-order chi connectivity index (χ0) is 13.7. The van der Waals surface area contributed by atoms with Gasteiger partial charge in [-0.2, -0.15) is 0 Å². The standard InChI is InChI=1S/C14H16N2O3/c1-2-11(9-17)15-14(18)13-8-12(16-19-13)10-6-4-3-5-7-10/h3-8,11,17H,2,9H2,1H3,(H,15,18)/t11-/m0/s1. The number of hydrogen-bond acceptors (Lipinski definition) is 4. The van der Waals surface area contributed by atoms with E-state index in [9.17, 15) is 4.79 Å². The molecule has 100 valence electrons. The van der Waals surface area contributed by atoms with E-state index >= 15 is 0 Å². The van der Waals surface area contributed by atoms with Crippen molar-refractivity contribution in [2.45, 2.75) is 19.4 Å². The van der Waals surface area contributed by atoms with E-state index in [1.54, 1.807) is 6.07 Å². The minimum absolute atomic E-state index is 0.0953. The predicted molar refractivity (Wildman–Crippen MR) is 70.6 cm³/mol. The minimum Gasteiger partial charge on any atom is -0.394 e. The van der Waals surface area contributed by atoms with Crippen LogP contribution in [0.5, 0.6) is 0 Å². The molecule has 2 aromatic rings. The second kappa shape index (κ2) is 6.15. The van der Waals surface area contributed by atoms with Gasteiger partial charge in [0.1, 0.15) is 5.69 Å². The molecule has 0 aliphatic rings. The number of carbonyl (C=O) groups is 1. The molecule has 2 N–H and O–H groups in total. The number of amides is 1. The van der Waals surface area contributed by atoms with Crippen molar-refractivity contribution in [3.63, 3.8) is 0 Å². The molecule has 0 unspecified atom stereocenters. The summed E-state index contributed by atoms with van der Waals surface area (Å²) >= 11 is 0. The van der Waals surface area contributed by atoms with Crippen molar-refractivity contribution in [1.29, 1.82) is 0 Å². The summed E-state index contributed by atoms with van der Waals surface area (Å²) in [6.07, 6.45) is 0.655. The van der Waals surface area contributed by atoms with E-state index < -0.39 is 0 Å². The molecule has 2 rings (SSSR count). The third-order valence-corrected chi connectivity index (χ3v) is 2.85. The molecule has 5 nitrogen and oxygen atoms in total. The number of aromatic nitrogens is 1. The normalized spacial score (nSPS) is 12.1. The molecule has 0 aliphatic carbocycles. The molecule has 1 atom stereocenters. The van der Waals surface area contributed by atoms with Gasteiger partial charge in [0.05, 0.1) is 12.6 Å². The van der Waals surface area contributed by atoms with Gasteiger partial charge in [0.25, 0.3) is 5.91 Å². The molecule has 0 saturated carbocycles. The van der Waals surface area contributed by atoms with Gasteiger partial charge in [0.15, 0.2) is 0 Å². The number of aliphatic hydroxyl groups is 1.